The number of hydrogen-bond donors (Lipinski definition) is 1. The normalized spacial score (nSPS) is 22.6. The largest absolute Gasteiger partial charge is 0.310 e. The molecular formula is C25H26BrN3O2. The third-order valence-corrected chi connectivity index (χ3v) is 6.51. The van der Waals surface area contributed by atoms with E-state index >= 15 is 0 Å². The molecule has 0 fully saturated rings. The number of hydrogen-bond acceptors (Lipinski definition) is 4. The number of ketones is 1. The lowest BCUT2D eigenvalue weighted by Gasteiger charge is -2.39. The van der Waals surface area contributed by atoms with Crippen molar-refractivity contribution in [1.29, 1.82) is 0 Å². The molecule has 0 saturated carbocycles. The summed E-state index contributed by atoms with van der Waals surface area (Å²) in [7, 11) is 0. The van der Waals surface area contributed by atoms with Crippen LogP contribution in [0.15, 0.2) is 63.3 Å². The van der Waals surface area contributed by atoms with Crippen LogP contribution in [-0.4, -0.2) is 22.4 Å². The fourth-order valence-corrected chi connectivity index (χ4v) is 4.83. The van der Waals surface area contributed by atoms with Crippen molar-refractivity contribution < 1.29 is 9.59 Å². The van der Waals surface area contributed by atoms with E-state index in [9.17, 15) is 9.59 Å². The molecule has 1 aromatic heterocycles. The summed E-state index contributed by atoms with van der Waals surface area (Å²) in [5.74, 6) is -0.562. The quantitative estimate of drug-likeness (QED) is 0.621. The van der Waals surface area contributed by atoms with Crippen LogP contribution in [0.2, 0.25) is 0 Å². The van der Waals surface area contributed by atoms with Crippen molar-refractivity contribution in [2.45, 2.75) is 46.5 Å². The fourth-order valence-electron chi connectivity index (χ4n) is 4.56. The Morgan fingerprint density at radius 3 is 2.45 bits per heavy atom. The van der Waals surface area contributed by atoms with Crippen LogP contribution in [0.25, 0.3) is 0 Å². The van der Waals surface area contributed by atoms with Crippen molar-refractivity contribution in [3.63, 3.8) is 0 Å². The lowest BCUT2D eigenvalue weighted by atomic mass is 9.66. The summed E-state index contributed by atoms with van der Waals surface area (Å²) in [4.78, 5) is 35.8. The molecule has 1 unspecified atom stereocenters. The van der Waals surface area contributed by atoms with Gasteiger partial charge >= 0.3 is 0 Å². The zero-order chi connectivity index (χ0) is 22.3. The number of rotatable bonds is 3. The van der Waals surface area contributed by atoms with E-state index in [-0.39, 0.29) is 23.0 Å². The highest BCUT2D eigenvalue weighted by Crippen LogP contribution is 2.47. The third kappa shape index (κ3) is 4.40. The summed E-state index contributed by atoms with van der Waals surface area (Å²) in [6, 6.07) is 11.6. The molecule has 0 spiro atoms. The molecule has 2 aliphatic rings. The van der Waals surface area contributed by atoms with E-state index in [4.69, 9.17) is 4.99 Å². The molecule has 160 valence electrons. The van der Waals surface area contributed by atoms with Gasteiger partial charge in [0.25, 0.3) is 0 Å². The molecule has 1 aliphatic heterocycles. The topological polar surface area (TPSA) is 71.4 Å². The van der Waals surface area contributed by atoms with Gasteiger partial charge in [-0.05, 0) is 55.0 Å². The maximum atomic E-state index is 13.4. The molecule has 1 aliphatic carbocycles. The van der Waals surface area contributed by atoms with Crippen LogP contribution in [0.5, 0.6) is 0 Å². The molecule has 1 aromatic carbocycles. The van der Waals surface area contributed by atoms with Gasteiger partial charge in [-0.25, -0.2) is 4.98 Å². The molecule has 2 atom stereocenters. The van der Waals surface area contributed by atoms with E-state index in [1.165, 1.54) is 0 Å². The van der Waals surface area contributed by atoms with E-state index in [2.05, 4.69) is 40.1 Å². The number of aliphatic imine (C=N–C) groups is 1. The predicted octanol–water partition coefficient (Wildman–Crippen LogP) is 5.61. The Labute approximate surface area is 191 Å². The smallest absolute Gasteiger partial charge is 0.235 e. The van der Waals surface area contributed by atoms with Gasteiger partial charge in [0.15, 0.2) is 5.78 Å². The molecule has 5 nitrogen and oxygen atoms in total. The van der Waals surface area contributed by atoms with Crippen LogP contribution >= 0.6 is 15.9 Å². The van der Waals surface area contributed by atoms with Crippen molar-refractivity contribution >= 4 is 39.1 Å². The molecule has 0 saturated heterocycles. The zero-order valence-corrected chi connectivity index (χ0v) is 19.8. The second kappa shape index (κ2) is 8.15. The van der Waals surface area contributed by atoms with Gasteiger partial charge in [0.05, 0.1) is 5.92 Å². The Morgan fingerprint density at radius 2 is 1.81 bits per heavy atom. The van der Waals surface area contributed by atoms with E-state index < -0.39 is 5.92 Å². The summed E-state index contributed by atoms with van der Waals surface area (Å²) < 4.78 is 0.951. The highest BCUT2D eigenvalue weighted by atomic mass is 79.9. The average Bonchev–Trinajstić information content (AvgIpc) is 2.68. The summed E-state index contributed by atoms with van der Waals surface area (Å²) >= 11 is 3.48. The first-order valence-corrected chi connectivity index (χ1v) is 11.2. The van der Waals surface area contributed by atoms with Crippen molar-refractivity contribution in [2.75, 3.05) is 5.32 Å². The van der Waals surface area contributed by atoms with Gasteiger partial charge in [-0.15, -0.1) is 0 Å². The van der Waals surface area contributed by atoms with Gasteiger partial charge in [0, 0.05) is 40.0 Å². The maximum absolute atomic E-state index is 13.4. The van der Waals surface area contributed by atoms with Crippen molar-refractivity contribution in [2.24, 2.45) is 16.3 Å². The molecule has 1 amide bonds. The highest BCUT2D eigenvalue weighted by molar-refractivity contribution is 9.10. The fraction of sp³-hybridized carbons (Fsp3) is 0.360. The van der Waals surface area contributed by atoms with Crippen molar-refractivity contribution in [1.82, 2.24) is 4.98 Å². The number of aryl methyl sites for hydroxylation is 1. The molecule has 4 rings (SSSR count). The van der Waals surface area contributed by atoms with Crippen LogP contribution in [0.4, 0.5) is 5.82 Å². The zero-order valence-electron chi connectivity index (χ0n) is 18.2. The number of carbonyl (C=O) groups is 2. The Morgan fingerprint density at radius 1 is 1.10 bits per heavy atom. The maximum Gasteiger partial charge on any atom is 0.235 e. The third-order valence-electron chi connectivity index (χ3n) is 5.98. The second-order valence-electron chi connectivity index (χ2n) is 9.27. The number of nitrogens with zero attached hydrogens (tertiary/aromatic N) is 2. The highest BCUT2D eigenvalue weighted by Gasteiger charge is 2.45. The number of pyridine rings is 1. The van der Waals surface area contributed by atoms with Crippen LogP contribution in [0, 0.1) is 18.3 Å². The van der Waals surface area contributed by atoms with Crippen molar-refractivity contribution in [3.8, 4) is 0 Å². The number of anilines is 1. The number of allylic oxidation sites excluding steroid dienone is 2. The Hall–Kier alpha value is -2.60. The molecule has 0 bridgehead atoms. The molecule has 2 heterocycles. The number of carbonyl (C=O) groups excluding carboxylic acids is 2. The SMILES string of the molecule is CC1=NC2=C(C(=O)CC(C)(C)C2)[C@H](c2ccc(Br)cc2)C1C(=O)Nc1ccc(C)cn1. The molecule has 2 aromatic rings. The van der Waals surface area contributed by atoms with E-state index in [0.717, 1.165) is 33.4 Å². The first-order chi connectivity index (χ1) is 14.6. The van der Waals surface area contributed by atoms with Gasteiger partial charge < -0.3 is 5.32 Å². The lowest BCUT2D eigenvalue weighted by Crippen LogP contribution is -2.41. The Balaban J connectivity index is 1.78. The number of nitrogens with one attached hydrogen (secondary N) is 1. The van der Waals surface area contributed by atoms with Crippen LogP contribution < -0.4 is 5.32 Å². The average molecular weight is 480 g/mol. The van der Waals surface area contributed by atoms with E-state index in [1.54, 1.807) is 12.3 Å². The summed E-state index contributed by atoms with van der Waals surface area (Å²) in [5, 5.41) is 2.93. The Bertz CT molecular complexity index is 1100. The lowest BCUT2D eigenvalue weighted by molar-refractivity contribution is -0.119. The minimum atomic E-state index is -0.576. The molecular weight excluding hydrogens is 454 g/mol. The summed E-state index contributed by atoms with van der Waals surface area (Å²) in [6.07, 6.45) is 2.91. The number of amides is 1. The molecule has 6 heteroatoms. The van der Waals surface area contributed by atoms with E-state index in [1.807, 2.05) is 44.2 Å². The van der Waals surface area contributed by atoms with Crippen LogP contribution in [0.1, 0.15) is 50.7 Å². The molecule has 0 radical (unpaired) electrons. The minimum Gasteiger partial charge on any atom is -0.310 e. The molecule has 1 N–H and O–H groups in total. The summed E-state index contributed by atoms with van der Waals surface area (Å²) in [6.45, 7) is 8.02. The monoisotopic (exact) mass is 479 g/mol. The van der Waals surface area contributed by atoms with Crippen LogP contribution in [-0.2, 0) is 9.59 Å². The number of aromatic nitrogens is 1. The number of Topliss-reactive ketones (excluding diaryl/α,β-unsaturated/α-hetero) is 1. The first kappa shape index (κ1) is 21.6. The van der Waals surface area contributed by atoms with Crippen molar-refractivity contribution in [3.05, 3.63) is 69.5 Å². The van der Waals surface area contributed by atoms with Crippen LogP contribution in [0.3, 0.4) is 0 Å². The molecule has 31 heavy (non-hydrogen) atoms. The predicted molar refractivity (Wildman–Crippen MR) is 126 cm³/mol. The van der Waals surface area contributed by atoms with Gasteiger partial charge in [-0.3, -0.25) is 14.6 Å². The van der Waals surface area contributed by atoms with Gasteiger partial charge in [0.1, 0.15) is 5.82 Å². The Kier molecular flexibility index (Phi) is 5.69. The number of benzene rings is 1. The first-order valence-electron chi connectivity index (χ1n) is 10.4. The standard InChI is InChI=1S/C25H26BrN3O2/c1-14-5-10-20(27-13-14)29-24(31)21-15(2)28-18-11-25(3,4)12-19(30)23(18)22(21)16-6-8-17(26)9-7-16/h5-10,13,21-22H,11-12H2,1-4H3,(H,27,29,31)/t21?,22-/m1/s1. The minimum absolute atomic E-state index is 0.0849. The second-order valence-corrected chi connectivity index (χ2v) is 10.2. The summed E-state index contributed by atoms with van der Waals surface area (Å²) in [5.41, 5.74) is 4.06. The van der Waals surface area contributed by atoms with Gasteiger partial charge in [0.2, 0.25) is 5.91 Å². The number of halogens is 1. The van der Waals surface area contributed by atoms with Gasteiger partial charge in [-0.1, -0.05) is 48.0 Å². The van der Waals surface area contributed by atoms with E-state index in [0.29, 0.717) is 17.8 Å². The van der Waals surface area contributed by atoms with Gasteiger partial charge in [-0.2, -0.15) is 0 Å².